The maximum atomic E-state index is 5.87. The van der Waals surface area contributed by atoms with Crippen LogP contribution in [0, 0.1) is 0 Å². The van der Waals surface area contributed by atoms with E-state index in [-0.39, 0.29) is 12.1 Å². The van der Waals surface area contributed by atoms with Gasteiger partial charge in [0, 0.05) is 31.0 Å². The van der Waals surface area contributed by atoms with Gasteiger partial charge in [-0.1, -0.05) is 36.4 Å². The van der Waals surface area contributed by atoms with Crippen LogP contribution in [-0.4, -0.2) is 50.2 Å². The molecule has 0 radical (unpaired) electrons. The first-order valence-corrected chi connectivity index (χ1v) is 7.78. The average Bonchev–Trinajstić information content (AvgIpc) is 2.59. The van der Waals surface area contributed by atoms with Crippen molar-refractivity contribution in [1.29, 1.82) is 0 Å². The highest BCUT2D eigenvalue weighted by Gasteiger charge is 2.13. The number of allylic oxidation sites excluding steroid dienone is 1. The van der Waals surface area contributed by atoms with Crippen molar-refractivity contribution in [3.8, 4) is 0 Å². The van der Waals surface area contributed by atoms with E-state index in [2.05, 4.69) is 38.6 Å². The standard InChI is InChI=1S/C17H24N6/c1-14-16(8-5-9-21-14)22-12-19-10-11-20-13-23-17(18)15-6-3-2-4-7-15/h2-9,13-14,16,19,22H,10-12H2,1H3,(H2,18,20,23). The molecule has 0 bridgehead atoms. The van der Waals surface area contributed by atoms with Crippen molar-refractivity contribution in [2.45, 2.75) is 19.0 Å². The van der Waals surface area contributed by atoms with E-state index in [4.69, 9.17) is 5.73 Å². The Labute approximate surface area is 137 Å². The molecule has 4 N–H and O–H groups in total. The van der Waals surface area contributed by atoms with E-state index in [0.717, 1.165) is 18.8 Å². The molecule has 1 aromatic rings. The second-order valence-electron chi connectivity index (χ2n) is 5.23. The summed E-state index contributed by atoms with van der Waals surface area (Å²) >= 11 is 0. The summed E-state index contributed by atoms with van der Waals surface area (Å²) in [5.74, 6) is 0.475. The Kier molecular flexibility index (Phi) is 7.16. The lowest BCUT2D eigenvalue weighted by molar-refractivity contribution is 0.486. The van der Waals surface area contributed by atoms with Crippen LogP contribution in [0.4, 0.5) is 0 Å². The van der Waals surface area contributed by atoms with Gasteiger partial charge in [0.2, 0.25) is 0 Å². The molecule has 0 saturated heterocycles. The number of benzene rings is 1. The van der Waals surface area contributed by atoms with Crippen LogP contribution in [0.3, 0.4) is 0 Å². The van der Waals surface area contributed by atoms with Crippen LogP contribution in [0.15, 0.2) is 57.5 Å². The topological polar surface area (TPSA) is 87.2 Å². The van der Waals surface area contributed by atoms with Crippen molar-refractivity contribution in [3.63, 3.8) is 0 Å². The predicted octanol–water partition coefficient (Wildman–Crippen LogP) is 0.955. The zero-order chi connectivity index (χ0) is 16.3. The summed E-state index contributed by atoms with van der Waals surface area (Å²) in [5, 5.41) is 6.67. The lowest BCUT2D eigenvalue weighted by Gasteiger charge is -2.21. The van der Waals surface area contributed by atoms with Crippen molar-refractivity contribution in [2.24, 2.45) is 20.7 Å². The van der Waals surface area contributed by atoms with Crippen LogP contribution >= 0.6 is 0 Å². The van der Waals surface area contributed by atoms with Gasteiger partial charge >= 0.3 is 0 Å². The van der Waals surface area contributed by atoms with Crippen molar-refractivity contribution in [2.75, 3.05) is 19.8 Å². The van der Waals surface area contributed by atoms with Crippen LogP contribution in [0.2, 0.25) is 0 Å². The van der Waals surface area contributed by atoms with Gasteiger partial charge in [0.05, 0.1) is 12.6 Å². The minimum absolute atomic E-state index is 0.273. The van der Waals surface area contributed by atoms with Crippen LogP contribution in [0.5, 0.6) is 0 Å². The average molecular weight is 312 g/mol. The summed E-state index contributed by atoms with van der Waals surface area (Å²) in [7, 11) is 0. The summed E-state index contributed by atoms with van der Waals surface area (Å²) in [5.41, 5.74) is 6.77. The third kappa shape index (κ3) is 6.14. The molecule has 1 aliphatic rings. The van der Waals surface area contributed by atoms with Gasteiger partial charge in [-0.3, -0.25) is 15.3 Å². The molecule has 0 spiro atoms. The highest BCUT2D eigenvalue weighted by molar-refractivity contribution is 6.01. The highest BCUT2D eigenvalue weighted by Crippen LogP contribution is 2.03. The Morgan fingerprint density at radius 2 is 2.17 bits per heavy atom. The minimum atomic E-state index is 0.273. The van der Waals surface area contributed by atoms with E-state index >= 15 is 0 Å². The molecule has 6 nitrogen and oxygen atoms in total. The molecule has 1 heterocycles. The van der Waals surface area contributed by atoms with Crippen LogP contribution < -0.4 is 16.4 Å². The fraction of sp³-hybridized carbons (Fsp3) is 0.353. The van der Waals surface area contributed by atoms with E-state index in [1.165, 1.54) is 6.34 Å². The molecule has 23 heavy (non-hydrogen) atoms. The fourth-order valence-corrected chi connectivity index (χ4v) is 2.11. The molecule has 2 unspecified atom stereocenters. The SMILES string of the molecule is CC1N=CC=CC1NCNCCN=CN=C(N)c1ccccc1. The molecule has 1 aliphatic heterocycles. The van der Waals surface area contributed by atoms with Gasteiger partial charge in [0.1, 0.15) is 12.2 Å². The number of hydrogen-bond donors (Lipinski definition) is 3. The summed E-state index contributed by atoms with van der Waals surface area (Å²) < 4.78 is 0. The Balaban J connectivity index is 1.58. The number of nitrogens with two attached hydrogens (primary N) is 1. The van der Waals surface area contributed by atoms with Crippen LogP contribution in [0.25, 0.3) is 0 Å². The smallest absolute Gasteiger partial charge is 0.132 e. The van der Waals surface area contributed by atoms with Crippen molar-refractivity contribution < 1.29 is 0 Å². The lowest BCUT2D eigenvalue weighted by atomic mass is 10.1. The largest absolute Gasteiger partial charge is 0.383 e. The van der Waals surface area contributed by atoms with E-state index in [1.54, 1.807) is 0 Å². The summed E-state index contributed by atoms with van der Waals surface area (Å²) in [6.45, 7) is 4.25. The molecule has 6 heteroatoms. The molecule has 0 aliphatic carbocycles. The number of amidine groups is 1. The van der Waals surface area contributed by atoms with Crippen molar-refractivity contribution >= 4 is 18.4 Å². The second-order valence-corrected chi connectivity index (χ2v) is 5.23. The highest BCUT2D eigenvalue weighted by atomic mass is 15.1. The third-order valence-electron chi connectivity index (χ3n) is 3.47. The molecule has 0 saturated carbocycles. The van der Waals surface area contributed by atoms with Gasteiger partial charge in [0.15, 0.2) is 0 Å². The Morgan fingerprint density at radius 3 is 2.96 bits per heavy atom. The van der Waals surface area contributed by atoms with E-state index in [0.29, 0.717) is 12.4 Å². The number of aliphatic imine (C=N–C) groups is 3. The first-order valence-electron chi connectivity index (χ1n) is 7.78. The molecule has 0 aromatic heterocycles. The fourth-order valence-electron chi connectivity index (χ4n) is 2.11. The van der Waals surface area contributed by atoms with Gasteiger partial charge in [-0.05, 0) is 13.0 Å². The van der Waals surface area contributed by atoms with Crippen molar-refractivity contribution in [1.82, 2.24) is 10.6 Å². The first kappa shape index (κ1) is 17.1. The number of nitrogens with zero attached hydrogens (tertiary/aromatic N) is 3. The number of nitrogens with one attached hydrogen (secondary N) is 2. The maximum absolute atomic E-state index is 5.87. The number of rotatable bonds is 8. The third-order valence-corrected chi connectivity index (χ3v) is 3.47. The quantitative estimate of drug-likeness (QED) is 0.289. The van der Waals surface area contributed by atoms with Crippen LogP contribution in [-0.2, 0) is 0 Å². The number of hydrogen-bond acceptors (Lipinski definition) is 4. The maximum Gasteiger partial charge on any atom is 0.132 e. The lowest BCUT2D eigenvalue weighted by Crippen LogP contribution is -2.42. The van der Waals surface area contributed by atoms with Gasteiger partial charge < -0.3 is 11.1 Å². The Morgan fingerprint density at radius 1 is 1.35 bits per heavy atom. The van der Waals surface area contributed by atoms with E-state index < -0.39 is 0 Å². The molecule has 0 amide bonds. The second kappa shape index (κ2) is 9.66. The molecular weight excluding hydrogens is 288 g/mol. The normalized spacial score (nSPS) is 21.2. The predicted molar refractivity (Wildman–Crippen MR) is 97.4 cm³/mol. The Hall–Kier alpha value is -2.31. The molecule has 2 rings (SSSR count). The molecular formula is C17H24N6. The molecule has 2 atom stereocenters. The first-order chi connectivity index (χ1) is 11.3. The van der Waals surface area contributed by atoms with Crippen molar-refractivity contribution in [3.05, 3.63) is 48.0 Å². The number of dihydropyridines is 1. The zero-order valence-corrected chi connectivity index (χ0v) is 13.4. The van der Waals surface area contributed by atoms with Gasteiger partial charge in [-0.25, -0.2) is 4.99 Å². The monoisotopic (exact) mass is 312 g/mol. The summed E-state index contributed by atoms with van der Waals surface area (Å²) in [4.78, 5) is 12.7. The van der Waals surface area contributed by atoms with E-state index in [9.17, 15) is 0 Å². The molecule has 122 valence electrons. The van der Waals surface area contributed by atoms with E-state index in [1.807, 2.05) is 42.6 Å². The zero-order valence-electron chi connectivity index (χ0n) is 13.4. The Bertz CT molecular complexity index is 576. The molecule has 0 fully saturated rings. The molecule has 1 aromatic carbocycles. The van der Waals surface area contributed by atoms with Gasteiger partial charge in [-0.15, -0.1) is 0 Å². The van der Waals surface area contributed by atoms with Gasteiger partial charge in [-0.2, -0.15) is 0 Å². The van der Waals surface area contributed by atoms with Gasteiger partial charge in [0.25, 0.3) is 0 Å². The van der Waals surface area contributed by atoms with Crippen LogP contribution in [0.1, 0.15) is 12.5 Å². The summed E-state index contributed by atoms with van der Waals surface area (Å²) in [6, 6.07) is 10.2. The summed E-state index contributed by atoms with van der Waals surface area (Å²) in [6.07, 6.45) is 7.44. The minimum Gasteiger partial charge on any atom is -0.383 e.